The lowest BCUT2D eigenvalue weighted by Gasteiger charge is -2.35. The van der Waals surface area contributed by atoms with E-state index in [1.807, 2.05) is 28.1 Å². The van der Waals surface area contributed by atoms with Crippen molar-refractivity contribution in [2.45, 2.75) is 129 Å². The van der Waals surface area contributed by atoms with Gasteiger partial charge in [-0.15, -0.1) is 0 Å². The normalized spacial score (nSPS) is 15.5. The molecule has 0 saturated heterocycles. The summed E-state index contributed by atoms with van der Waals surface area (Å²) in [7, 11) is 2.29. The molecule has 0 aliphatic heterocycles. The van der Waals surface area contributed by atoms with E-state index in [0.29, 0.717) is 17.5 Å². The molecule has 0 bridgehead atoms. The van der Waals surface area contributed by atoms with Gasteiger partial charge in [-0.3, -0.25) is 4.57 Å². The van der Waals surface area contributed by atoms with E-state index in [0.717, 1.165) is 12.8 Å². The van der Waals surface area contributed by atoms with Crippen LogP contribution >= 0.6 is 7.60 Å². The summed E-state index contributed by atoms with van der Waals surface area (Å²) in [5, 5.41) is 0. The van der Waals surface area contributed by atoms with Crippen molar-refractivity contribution in [1.29, 1.82) is 0 Å². The van der Waals surface area contributed by atoms with E-state index >= 15 is 0 Å². The van der Waals surface area contributed by atoms with Gasteiger partial charge in [-0.1, -0.05) is 83.1 Å². The van der Waals surface area contributed by atoms with Crippen molar-refractivity contribution in [1.82, 2.24) is 0 Å². The zero-order valence-corrected chi connectivity index (χ0v) is 23.7. The fourth-order valence-electron chi connectivity index (χ4n) is 4.25. The zero-order chi connectivity index (χ0) is 24.8. The lowest BCUT2D eigenvalue weighted by Crippen LogP contribution is -2.44. The fraction of sp³-hybridized carbons (Fsp3) is 0.857. The molecule has 0 rings (SSSR count). The Balaban J connectivity index is 3.49. The Morgan fingerprint density at radius 2 is 1.09 bits per heavy atom. The number of unbranched alkanes of at least 4 members (excludes halogenated alkanes) is 13. The minimum atomic E-state index is -3.56. The molecule has 0 radical (unpaired) electrons. The van der Waals surface area contributed by atoms with Crippen LogP contribution in [-0.2, 0) is 9.09 Å². The van der Waals surface area contributed by atoms with E-state index in [2.05, 4.69) is 31.2 Å². The van der Waals surface area contributed by atoms with Gasteiger partial charge in [-0.25, -0.2) is 0 Å². The molecule has 4 nitrogen and oxygen atoms in total. The highest BCUT2D eigenvalue weighted by atomic mass is 31.2. The highest BCUT2D eigenvalue weighted by Gasteiger charge is 2.41. The van der Waals surface area contributed by atoms with Crippen LogP contribution in [0.2, 0.25) is 0 Å². The first-order valence-electron chi connectivity index (χ1n) is 13.8. The minimum Gasteiger partial charge on any atom is -0.320 e. The summed E-state index contributed by atoms with van der Waals surface area (Å²) in [6.45, 7) is 4.60. The van der Waals surface area contributed by atoms with Gasteiger partial charge in [0.25, 0.3) is 0 Å². The van der Waals surface area contributed by atoms with Crippen molar-refractivity contribution >= 4 is 7.60 Å². The summed E-state index contributed by atoms with van der Waals surface area (Å²) in [4.78, 5) is 10.3. The molecule has 0 amide bonds. The van der Waals surface area contributed by atoms with Gasteiger partial charge in [-0.05, 0) is 57.8 Å². The Morgan fingerprint density at radius 1 is 0.697 bits per heavy atom. The summed E-state index contributed by atoms with van der Waals surface area (Å²) in [6.07, 6.45) is 29.9. The number of quaternary nitrogens is 1. The van der Waals surface area contributed by atoms with E-state index in [9.17, 15) is 9.46 Å². The Bertz CT molecular complexity index is 540. The van der Waals surface area contributed by atoms with E-state index < -0.39 is 7.60 Å². The molecule has 0 heterocycles. The van der Waals surface area contributed by atoms with Crippen molar-refractivity contribution < 1.29 is 18.5 Å². The summed E-state index contributed by atoms with van der Waals surface area (Å²) >= 11 is 0. The van der Waals surface area contributed by atoms with Crippen LogP contribution in [0.1, 0.15) is 123 Å². The Morgan fingerprint density at radius 3 is 1.52 bits per heavy atom. The number of hydrogen-bond acceptors (Lipinski definition) is 2. The van der Waals surface area contributed by atoms with E-state index in [-0.39, 0.29) is 5.78 Å². The Kier molecular flexibility index (Phi) is 20.7. The highest BCUT2D eigenvalue weighted by Crippen LogP contribution is 2.51. The Hall–Kier alpha value is -0.410. The second-order valence-corrected chi connectivity index (χ2v) is 12.4. The molecule has 0 aliphatic rings. The Labute approximate surface area is 207 Å². The van der Waals surface area contributed by atoms with Crippen LogP contribution < -0.4 is 0 Å². The van der Waals surface area contributed by atoms with Crippen molar-refractivity contribution in [2.75, 3.05) is 27.7 Å². The monoisotopic (exact) mass is 486 g/mol. The number of hydrogen-bond donors (Lipinski definition) is 1. The third-order valence-electron chi connectivity index (χ3n) is 6.23. The summed E-state index contributed by atoms with van der Waals surface area (Å²) in [6, 6.07) is 0. The van der Waals surface area contributed by atoms with Gasteiger partial charge < -0.3 is 13.9 Å². The standard InChI is InChI=1S/C28H56NO3P/c1-6-8-9-10-11-12-13-14-15-16-17-18-19-20-21-22-23-24-25-26-27-32-33(30,31)28(7-2)29(3,4)5/h11-12,17-18,28H,6-10,13-16,19-27H2,1-5H3/p+1/b12-11-,18-17-. The summed E-state index contributed by atoms with van der Waals surface area (Å²) in [5.41, 5.74) is 0. The first-order valence-corrected chi connectivity index (χ1v) is 15.5. The maximum Gasteiger partial charge on any atom is 0.385 e. The molecule has 0 fully saturated rings. The number of nitrogens with zero attached hydrogens (tertiary/aromatic N) is 1. The van der Waals surface area contributed by atoms with Gasteiger partial charge in [0.15, 0.2) is 5.78 Å². The highest BCUT2D eigenvalue weighted by molar-refractivity contribution is 7.53. The molecular formula is C28H57NO3P+. The minimum absolute atomic E-state index is 0.353. The molecule has 2 unspecified atom stereocenters. The molecule has 5 heteroatoms. The molecule has 0 aliphatic carbocycles. The van der Waals surface area contributed by atoms with E-state index in [1.54, 1.807) is 0 Å². The lowest BCUT2D eigenvalue weighted by molar-refractivity contribution is -0.883. The second kappa shape index (κ2) is 20.9. The van der Waals surface area contributed by atoms with E-state index in [1.165, 1.54) is 89.9 Å². The van der Waals surface area contributed by atoms with Crippen molar-refractivity contribution in [2.24, 2.45) is 0 Å². The van der Waals surface area contributed by atoms with Gasteiger partial charge in [-0.2, -0.15) is 0 Å². The van der Waals surface area contributed by atoms with Gasteiger partial charge in [0.05, 0.1) is 27.7 Å². The van der Waals surface area contributed by atoms with E-state index in [4.69, 9.17) is 4.52 Å². The van der Waals surface area contributed by atoms with Gasteiger partial charge >= 0.3 is 7.60 Å². The van der Waals surface area contributed by atoms with Crippen molar-refractivity contribution in [3.05, 3.63) is 24.3 Å². The number of allylic oxidation sites excluding steroid dienone is 4. The van der Waals surface area contributed by atoms with Crippen LogP contribution in [0.5, 0.6) is 0 Å². The third-order valence-corrected chi connectivity index (χ3v) is 8.59. The second-order valence-electron chi connectivity index (χ2n) is 10.4. The zero-order valence-electron chi connectivity index (χ0n) is 22.8. The average Bonchev–Trinajstić information content (AvgIpc) is 2.74. The quantitative estimate of drug-likeness (QED) is 0.0678. The maximum absolute atomic E-state index is 12.5. The maximum atomic E-state index is 12.5. The SMILES string of the molecule is CCCCC/C=C\CCCC/C=C\CCCCCCCCCOP(=O)(O)C(CC)[N+](C)(C)C. The molecule has 196 valence electrons. The van der Waals surface area contributed by atoms with Gasteiger partial charge in [0.1, 0.15) is 0 Å². The molecule has 0 spiro atoms. The lowest BCUT2D eigenvalue weighted by atomic mass is 10.1. The molecule has 2 atom stereocenters. The smallest absolute Gasteiger partial charge is 0.320 e. The van der Waals surface area contributed by atoms with Crippen LogP contribution in [0.3, 0.4) is 0 Å². The molecule has 0 aromatic carbocycles. The predicted molar refractivity (Wildman–Crippen MR) is 146 cm³/mol. The van der Waals surface area contributed by atoms with Crippen LogP contribution in [0.25, 0.3) is 0 Å². The fourth-order valence-corrected chi connectivity index (χ4v) is 6.15. The largest absolute Gasteiger partial charge is 0.385 e. The van der Waals surface area contributed by atoms with Crippen LogP contribution in [0.4, 0.5) is 0 Å². The molecule has 0 aromatic rings. The topological polar surface area (TPSA) is 46.5 Å². The van der Waals surface area contributed by atoms with Crippen LogP contribution in [-0.4, -0.2) is 42.9 Å². The third kappa shape index (κ3) is 19.6. The van der Waals surface area contributed by atoms with Crippen molar-refractivity contribution in [3.63, 3.8) is 0 Å². The first kappa shape index (κ1) is 32.6. The molecule has 0 saturated carbocycles. The first-order chi connectivity index (χ1) is 15.8. The molecule has 33 heavy (non-hydrogen) atoms. The molecular weight excluding hydrogens is 429 g/mol. The number of rotatable bonds is 23. The van der Waals surface area contributed by atoms with Gasteiger partial charge in [0.2, 0.25) is 0 Å². The van der Waals surface area contributed by atoms with Crippen LogP contribution in [0.15, 0.2) is 24.3 Å². The summed E-state index contributed by atoms with van der Waals surface area (Å²) in [5.74, 6) is -0.353. The predicted octanol–water partition coefficient (Wildman–Crippen LogP) is 9.00. The van der Waals surface area contributed by atoms with Crippen molar-refractivity contribution in [3.8, 4) is 0 Å². The molecule has 1 N–H and O–H groups in total. The van der Waals surface area contributed by atoms with Crippen LogP contribution in [0, 0.1) is 0 Å². The van der Waals surface area contributed by atoms with Gasteiger partial charge in [0, 0.05) is 6.42 Å². The average molecular weight is 487 g/mol. The summed E-state index contributed by atoms with van der Waals surface area (Å²) < 4.78 is 18.4. The molecule has 0 aromatic heterocycles.